The van der Waals surface area contributed by atoms with Crippen LogP contribution in [-0.4, -0.2) is 25.7 Å². The molecule has 1 heterocycles. The normalized spacial score (nSPS) is 11.8. The van der Waals surface area contributed by atoms with Gasteiger partial charge in [-0.2, -0.15) is 0 Å². The molecule has 2 aromatic carbocycles. The molecule has 0 bridgehead atoms. The molecular formula is C17H16N2O5. The Bertz CT molecular complexity index is 781. The molecule has 1 aliphatic heterocycles. The Morgan fingerprint density at radius 2 is 1.58 bits per heavy atom. The summed E-state index contributed by atoms with van der Waals surface area (Å²) in [5, 5.41) is 0. The zero-order chi connectivity index (χ0) is 17.1. The number of carbonyl (C=O) groups excluding carboxylic acids is 2. The number of hydrogen-bond donors (Lipinski definition) is 2. The lowest BCUT2D eigenvalue weighted by atomic mass is 10.1. The van der Waals surface area contributed by atoms with Crippen LogP contribution in [0.1, 0.15) is 26.3 Å². The van der Waals surface area contributed by atoms with Gasteiger partial charge in [-0.1, -0.05) is 6.07 Å². The molecule has 0 radical (unpaired) electrons. The Balaban J connectivity index is 1.64. The van der Waals surface area contributed by atoms with Gasteiger partial charge in [0.1, 0.15) is 5.75 Å². The molecule has 7 heteroatoms. The number of aryl methyl sites for hydroxylation is 1. The molecule has 0 fully saturated rings. The smallest absolute Gasteiger partial charge is 0.269 e. The van der Waals surface area contributed by atoms with Gasteiger partial charge in [0.25, 0.3) is 11.8 Å². The van der Waals surface area contributed by atoms with Crippen molar-refractivity contribution >= 4 is 11.8 Å². The molecule has 2 N–H and O–H groups in total. The molecule has 0 unspecified atom stereocenters. The van der Waals surface area contributed by atoms with Crippen LogP contribution in [0, 0.1) is 6.92 Å². The number of methoxy groups -OCH3 is 1. The SMILES string of the molecule is COc1cc(C(=O)NNC(=O)c2ccc3c(c2)OCO3)ccc1C. The molecule has 24 heavy (non-hydrogen) atoms. The summed E-state index contributed by atoms with van der Waals surface area (Å²) >= 11 is 0. The molecular weight excluding hydrogens is 312 g/mol. The molecule has 0 spiro atoms. The van der Waals surface area contributed by atoms with Crippen molar-refractivity contribution in [2.75, 3.05) is 13.9 Å². The van der Waals surface area contributed by atoms with Crippen LogP contribution in [0.3, 0.4) is 0 Å². The lowest BCUT2D eigenvalue weighted by Gasteiger charge is -2.10. The summed E-state index contributed by atoms with van der Waals surface area (Å²) in [6, 6.07) is 9.82. The summed E-state index contributed by atoms with van der Waals surface area (Å²) in [5.74, 6) is 0.785. The minimum atomic E-state index is -0.458. The van der Waals surface area contributed by atoms with Crippen molar-refractivity contribution in [2.45, 2.75) is 6.92 Å². The number of amides is 2. The van der Waals surface area contributed by atoms with Crippen molar-refractivity contribution in [1.82, 2.24) is 10.9 Å². The maximum Gasteiger partial charge on any atom is 0.269 e. The van der Waals surface area contributed by atoms with E-state index in [9.17, 15) is 9.59 Å². The quantitative estimate of drug-likeness (QED) is 0.839. The first-order valence-corrected chi connectivity index (χ1v) is 7.23. The third-order valence-electron chi connectivity index (χ3n) is 3.59. The molecule has 2 amide bonds. The molecule has 124 valence electrons. The van der Waals surface area contributed by atoms with E-state index in [4.69, 9.17) is 14.2 Å². The van der Waals surface area contributed by atoms with Crippen molar-refractivity contribution in [3.63, 3.8) is 0 Å². The van der Waals surface area contributed by atoms with Crippen LogP contribution in [-0.2, 0) is 0 Å². The fourth-order valence-electron chi connectivity index (χ4n) is 2.26. The first-order chi connectivity index (χ1) is 11.6. The molecule has 0 atom stereocenters. The average molecular weight is 328 g/mol. The van der Waals surface area contributed by atoms with E-state index in [-0.39, 0.29) is 6.79 Å². The Morgan fingerprint density at radius 3 is 2.29 bits per heavy atom. The van der Waals surface area contributed by atoms with Gasteiger partial charge in [0, 0.05) is 11.1 Å². The van der Waals surface area contributed by atoms with Crippen LogP contribution in [0.15, 0.2) is 36.4 Å². The number of fused-ring (bicyclic) bond motifs is 1. The lowest BCUT2D eigenvalue weighted by molar-refractivity contribution is 0.0846. The number of ether oxygens (including phenoxy) is 3. The van der Waals surface area contributed by atoms with Crippen LogP contribution >= 0.6 is 0 Å². The Hall–Kier alpha value is -3.22. The summed E-state index contributed by atoms with van der Waals surface area (Å²) in [7, 11) is 1.53. The average Bonchev–Trinajstić information content (AvgIpc) is 3.07. The van der Waals surface area contributed by atoms with Crippen molar-refractivity contribution in [3.8, 4) is 17.2 Å². The van der Waals surface area contributed by atoms with E-state index < -0.39 is 11.8 Å². The second-order valence-corrected chi connectivity index (χ2v) is 5.16. The highest BCUT2D eigenvalue weighted by Gasteiger charge is 2.17. The maximum absolute atomic E-state index is 12.1. The molecule has 3 rings (SSSR count). The largest absolute Gasteiger partial charge is 0.496 e. The van der Waals surface area contributed by atoms with E-state index in [1.807, 2.05) is 6.92 Å². The molecule has 0 saturated heterocycles. The molecule has 7 nitrogen and oxygen atoms in total. The second-order valence-electron chi connectivity index (χ2n) is 5.16. The highest BCUT2D eigenvalue weighted by molar-refractivity contribution is 5.99. The second kappa shape index (κ2) is 6.49. The minimum absolute atomic E-state index is 0.131. The molecule has 0 aliphatic carbocycles. The van der Waals surface area contributed by atoms with Gasteiger partial charge in [-0.25, -0.2) is 0 Å². The predicted molar refractivity (Wildman–Crippen MR) is 85.2 cm³/mol. The van der Waals surface area contributed by atoms with Crippen molar-refractivity contribution in [2.24, 2.45) is 0 Å². The van der Waals surface area contributed by atoms with Gasteiger partial charge in [0.2, 0.25) is 6.79 Å². The van der Waals surface area contributed by atoms with E-state index in [0.717, 1.165) is 5.56 Å². The van der Waals surface area contributed by atoms with Crippen LogP contribution in [0.25, 0.3) is 0 Å². The van der Waals surface area contributed by atoms with Gasteiger partial charge in [0.15, 0.2) is 11.5 Å². The van der Waals surface area contributed by atoms with E-state index in [0.29, 0.717) is 28.4 Å². The third-order valence-corrected chi connectivity index (χ3v) is 3.59. The van der Waals surface area contributed by atoms with E-state index in [2.05, 4.69) is 10.9 Å². The highest BCUT2D eigenvalue weighted by Crippen LogP contribution is 2.32. The summed E-state index contributed by atoms with van der Waals surface area (Å²) in [5.41, 5.74) is 6.38. The van der Waals surface area contributed by atoms with Crippen LogP contribution in [0.5, 0.6) is 17.2 Å². The van der Waals surface area contributed by atoms with Gasteiger partial charge in [-0.3, -0.25) is 20.4 Å². The van der Waals surface area contributed by atoms with Crippen molar-refractivity contribution in [3.05, 3.63) is 53.1 Å². The Labute approximate surface area is 138 Å². The highest BCUT2D eigenvalue weighted by atomic mass is 16.7. The van der Waals surface area contributed by atoms with Crippen LogP contribution in [0.2, 0.25) is 0 Å². The molecule has 1 aliphatic rings. The summed E-state index contributed by atoms with van der Waals surface area (Å²) in [4.78, 5) is 24.2. The number of nitrogens with one attached hydrogen (secondary N) is 2. The molecule has 0 saturated carbocycles. The predicted octanol–water partition coefficient (Wildman–Crippen LogP) is 1.81. The van der Waals surface area contributed by atoms with Gasteiger partial charge in [-0.15, -0.1) is 0 Å². The van der Waals surface area contributed by atoms with Gasteiger partial charge < -0.3 is 14.2 Å². The number of carbonyl (C=O) groups is 2. The maximum atomic E-state index is 12.1. The number of hydrazine groups is 1. The topological polar surface area (TPSA) is 85.9 Å². The number of benzene rings is 2. The van der Waals surface area contributed by atoms with Gasteiger partial charge in [0.05, 0.1) is 7.11 Å². The monoisotopic (exact) mass is 328 g/mol. The summed E-state index contributed by atoms with van der Waals surface area (Å²) in [6.07, 6.45) is 0. The zero-order valence-electron chi connectivity index (χ0n) is 13.2. The summed E-state index contributed by atoms with van der Waals surface area (Å²) in [6.45, 7) is 2.01. The van der Waals surface area contributed by atoms with E-state index in [1.165, 1.54) is 7.11 Å². The fraction of sp³-hybridized carbons (Fsp3) is 0.176. The van der Waals surface area contributed by atoms with E-state index >= 15 is 0 Å². The Morgan fingerprint density at radius 1 is 0.958 bits per heavy atom. The van der Waals surface area contributed by atoms with Crippen molar-refractivity contribution in [1.29, 1.82) is 0 Å². The number of hydrogen-bond acceptors (Lipinski definition) is 5. The van der Waals surface area contributed by atoms with Gasteiger partial charge >= 0.3 is 0 Å². The standard InChI is InChI=1S/C17H16N2O5/c1-10-3-4-11(7-14(10)22-2)16(20)18-19-17(21)12-5-6-13-15(8-12)24-9-23-13/h3-8H,9H2,1-2H3,(H,18,20)(H,19,21). The zero-order valence-corrected chi connectivity index (χ0v) is 13.2. The van der Waals surface area contributed by atoms with E-state index in [1.54, 1.807) is 36.4 Å². The summed E-state index contributed by atoms with van der Waals surface area (Å²) < 4.78 is 15.6. The molecule has 2 aromatic rings. The Kier molecular flexibility index (Phi) is 4.24. The van der Waals surface area contributed by atoms with Crippen molar-refractivity contribution < 1.29 is 23.8 Å². The minimum Gasteiger partial charge on any atom is -0.496 e. The fourth-order valence-corrected chi connectivity index (χ4v) is 2.26. The van der Waals surface area contributed by atoms with Crippen LogP contribution < -0.4 is 25.1 Å². The first kappa shape index (κ1) is 15.7. The number of rotatable bonds is 3. The van der Waals surface area contributed by atoms with Crippen LogP contribution in [0.4, 0.5) is 0 Å². The lowest BCUT2D eigenvalue weighted by Crippen LogP contribution is -2.41. The molecule has 0 aromatic heterocycles. The van der Waals surface area contributed by atoms with Gasteiger partial charge in [-0.05, 0) is 42.8 Å². The third kappa shape index (κ3) is 3.10. The first-order valence-electron chi connectivity index (χ1n) is 7.23.